The molecule has 132 valence electrons. The number of hydrogen-bond acceptors (Lipinski definition) is 3. The van der Waals surface area contributed by atoms with Gasteiger partial charge in [0.1, 0.15) is 6.04 Å². The smallest absolute Gasteiger partial charge is 0.249 e. The summed E-state index contributed by atoms with van der Waals surface area (Å²) in [7, 11) is 0. The summed E-state index contributed by atoms with van der Waals surface area (Å²) < 4.78 is 0. The van der Waals surface area contributed by atoms with Gasteiger partial charge in [0.25, 0.3) is 0 Å². The minimum absolute atomic E-state index is 0. The van der Waals surface area contributed by atoms with Gasteiger partial charge in [0.15, 0.2) is 0 Å². The van der Waals surface area contributed by atoms with Crippen molar-refractivity contribution < 1.29 is 9.59 Å². The molecule has 5 nitrogen and oxygen atoms in total. The molecule has 0 radical (unpaired) electrons. The van der Waals surface area contributed by atoms with Crippen LogP contribution in [0.2, 0.25) is 0 Å². The summed E-state index contributed by atoms with van der Waals surface area (Å²) >= 11 is 0. The lowest BCUT2D eigenvalue weighted by Crippen LogP contribution is -2.47. The fourth-order valence-corrected chi connectivity index (χ4v) is 3.45. The van der Waals surface area contributed by atoms with E-state index in [0.29, 0.717) is 19.0 Å². The van der Waals surface area contributed by atoms with Gasteiger partial charge in [-0.2, -0.15) is 0 Å². The van der Waals surface area contributed by atoms with Gasteiger partial charge in [-0.25, -0.2) is 0 Å². The highest BCUT2D eigenvalue weighted by Crippen LogP contribution is 2.23. The highest BCUT2D eigenvalue weighted by atomic mass is 35.5. The molecule has 6 heteroatoms. The van der Waals surface area contributed by atoms with Crippen molar-refractivity contribution in [1.82, 2.24) is 10.6 Å². The van der Waals surface area contributed by atoms with Crippen LogP contribution in [0.1, 0.15) is 31.7 Å². The van der Waals surface area contributed by atoms with Crippen LogP contribution in [0.25, 0.3) is 0 Å². The molecule has 3 rings (SSSR count). The molecule has 2 fully saturated rings. The van der Waals surface area contributed by atoms with E-state index in [-0.39, 0.29) is 36.2 Å². The van der Waals surface area contributed by atoms with Gasteiger partial charge >= 0.3 is 0 Å². The monoisotopic (exact) mass is 351 g/mol. The minimum Gasteiger partial charge on any atom is -0.344 e. The molecule has 2 aliphatic heterocycles. The number of carbonyl (C=O) groups excluding carboxylic acids is 2. The molecule has 0 saturated carbocycles. The maximum atomic E-state index is 12.6. The number of amides is 2. The molecule has 1 unspecified atom stereocenters. The zero-order chi connectivity index (χ0) is 16.4. The third-order valence-corrected chi connectivity index (χ3v) is 4.86. The Hall–Kier alpha value is -1.59. The molecule has 2 heterocycles. The highest BCUT2D eigenvalue weighted by molar-refractivity contribution is 6.01. The highest BCUT2D eigenvalue weighted by Gasteiger charge is 2.35. The number of halogens is 1. The Bertz CT molecular complexity index is 590. The predicted molar refractivity (Wildman–Crippen MR) is 97.5 cm³/mol. The average Bonchev–Trinajstić information content (AvgIpc) is 2.89. The molecular weight excluding hydrogens is 326 g/mol. The first-order valence-corrected chi connectivity index (χ1v) is 8.46. The maximum Gasteiger partial charge on any atom is 0.249 e. The second-order valence-corrected chi connectivity index (χ2v) is 6.75. The lowest BCUT2D eigenvalue weighted by Gasteiger charge is -2.28. The van der Waals surface area contributed by atoms with Crippen LogP contribution in [-0.2, 0) is 9.59 Å². The van der Waals surface area contributed by atoms with E-state index in [2.05, 4.69) is 17.6 Å². The van der Waals surface area contributed by atoms with Crippen molar-refractivity contribution in [2.24, 2.45) is 5.92 Å². The Balaban J connectivity index is 0.00000208. The molecule has 2 saturated heterocycles. The fraction of sp³-hybridized carbons (Fsp3) is 0.556. The zero-order valence-corrected chi connectivity index (χ0v) is 15.1. The van der Waals surface area contributed by atoms with Crippen LogP contribution in [-0.4, -0.2) is 37.0 Å². The van der Waals surface area contributed by atoms with Crippen LogP contribution in [0.15, 0.2) is 24.3 Å². The number of benzene rings is 1. The van der Waals surface area contributed by atoms with Crippen LogP contribution in [0.3, 0.4) is 0 Å². The van der Waals surface area contributed by atoms with Crippen molar-refractivity contribution in [3.8, 4) is 0 Å². The number of aryl methyl sites for hydroxylation is 1. The lowest BCUT2D eigenvalue weighted by molar-refractivity contribution is -0.130. The topological polar surface area (TPSA) is 61.4 Å². The number of nitrogens with zero attached hydrogens (tertiary/aromatic N) is 1. The summed E-state index contributed by atoms with van der Waals surface area (Å²) in [5.41, 5.74) is 2.08. The summed E-state index contributed by atoms with van der Waals surface area (Å²) in [5.74, 6) is 0.0547. The number of piperidine rings is 1. The van der Waals surface area contributed by atoms with E-state index in [9.17, 15) is 9.59 Å². The number of anilines is 1. The van der Waals surface area contributed by atoms with Crippen LogP contribution < -0.4 is 15.5 Å². The molecule has 1 aromatic rings. The average molecular weight is 352 g/mol. The number of hydrogen-bond donors (Lipinski definition) is 2. The van der Waals surface area contributed by atoms with Gasteiger partial charge in [0.05, 0.1) is 0 Å². The third kappa shape index (κ3) is 4.08. The van der Waals surface area contributed by atoms with Crippen LogP contribution >= 0.6 is 12.4 Å². The second-order valence-electron chi connectivity index (χ2n) is 6.75. The van der Waals surface area contributed by atoms with Gasteiger partial charge in [-0.1, -0.05) is 17.7 Å². The first-order chi connectivity index (χ1) is 11.0. The number of carbonyl (C=O) groups is 2. The Kier molecular flexibility index (Phi) is 6.24. The van der Waals surface area contributed by atoms with E-state index in [4.69, 9.17) is 0 Å². The van der Waals surface area contributed by atoms with Crippen molar-refractivity contribution >= 4 is 29.9 Å². The molecule has 0 aliphatic carbocycles. The molecule has 3 atom stereocenters. The normalized spacial score (nSPS) is 26.8. The van der Waals surface area contributed by atoms with Crippen LogP contribution in [0, 0.1) is 12.8 Å². The third-order valence-electron chi connectivity index (χ3n) is 4.86. The van der Waals surface area contributed by atoms with Gasteiger partial charge in [-0.3, -0.25) is 9.59 Å². The van der Waals surface area contributed by atoms with Gasteiger partial charge in [0, 0.05) is 24.2 Å². The molecule has 1 aromatic carbocycles. The standard InChI is InChI=1S/C18H25N3O2.ClH/c1-12-3-5-15(6-4-12)21-10-8-16(18(21)23)20-17(22)14-7-9-19-13(2)11-14;/h3-6,13-14,16,19H,7-11H2,1-2H3,(H,20,22);1H/t13-,14-,16?;/m0./s1. The quantitative estimate of drug-likeness (QED) is 0.876. The fourth-order valence-electron chi connectivity index (χ4n) is 3.45. The van der Waals surface area contributed by atoms with Crippen molar-refractivity contribution in [1.29, 1.82) is 0 Å². The minimum atomic E-state index is -0.381. The van der Waals surface area contributed by atoms with Crippen molar-refractivity contribution in [3.05, 3.63) is 29.8 Å². The van der Waals surface area contributed by atoms with Crippen molar-refractivity contribution in [3.63, 3.8) is 0 Å². The molecule has 0 bridgehead atoms. The van der Waals surface area contributed by atoms with Gasteiger partial charge in [-0.05, 0) is 51.8 Å². The summed E-state index contributed by atoms with van der Waals surface area (Å²) in [5, 5.41) is 6.32. The summed E-state index contributed by atoms with van der Waals surface area (Å²) in [6, 6.07) is 7.92. The second kappa shape index (κ2) is 7.99. The van der Waals surface area contributed by atoms with Crippen molar-refractivity contribution in [2.75, 3.05) is 18.0 Å². The van der Waals surface area contributed by atoms with Crippen molar-refractivity contribution in [2.45, 2.75) is 45.2 Å². The number of nitrogens with one attached hydrogen (secondary N) is 2. The summed E-state index contributed by atoms with van der Waals surface area (Å²) in [6.45, 7) is 5.65. The Morgan fingerprint density at radius 3 is 2.62 bits per heavy atom. The zero-order valence-electron chi connectivity index (χ0n) is 14.2. The predicted octanol–water partition coefficient (Wildman–Crippen LogP) is 2.03. The number of rotatable bonds is 3. The Labute approximate surface area is 149 Å². The molecular formula is C18H26ClN3O2. The molecule has 0 aromatic heterocycles. The largest absolute Gasteiger partial charge is 0.344 e. The first kappa shape index (κ1) is 18.7. The summed E-state index contributed by atoms with van der Waals surface area (Å²) in [6.07, 6.45) is 2.37. The van der Waals surface area contributed by atoms with E-state index in [0.717, 1.165) is 25.1 Å². The van der Waals surface area contributed by atoms with E-state index in [1.54, 1.807) is 4.90 Å². The van der Waals surface area contributed by atoms with E-state index < -0.39 is 0 Å². The SMILES string of the molecule is Cc1ccc(N2CCC(NC(=O)[C@H]3CCN[C@@H](C)C3)C2=O)cc1.Cl. The van der Waals surface area contributed by atoms with E-state index >= 15 is 0 Å². The van der Waals surface area contributed by atoms with Crippen LogP contribution in [0.4, 0.5) is 5.69 Å². The molecule has 0 spiro atoms. The van der Waals surface area contributed by atoms with E-state index in [1.165, 1.54) is 5.56 Å². The van der Waals surface area contributed by atoms with Gasteiger partial charge in [-0.15, -0.1) is 12.4 Å². The van der Waals surface area contributed by atoms with Gasteiger partial charge in [0.2, 0.25) is 11.8 Å². The van der Waals surface area contributed by atoms with E-state index in [1.807, 2.05) is 31.2 Å². The Morgan fingerprint density at radius 2 is 1.96 bits per heavy atom. The summed E-state index contributed by atoms with van der Waals surface area (Å²) in [4.78, 5) is 26.8. The molecule has 2 aliphatic rings. The van der Waals surface area contributed by atoms with Gasteiger partial charge < -0.3 is 15.5 Å². The molecule has 24 heavy (non-hydrogen) atoms. The van der Waals surface area contributed by atoms with Crippen LogP contribution in [0.5, 0.6) is 0 Å². The molecule has 2 amide bonds. The first-order valence-electron chi connectivity index (χ1n) is 8.46. The maximum absolute atomic E-state index is 12.6. The lowest BCUT2D eigenvalue weighted by atomic mass is 9.92. The molecule has 2 N–H and O–H groups in total. The Morgan fingerprint density at radius 1 is 1.25 bits per heavy atom.